The molecule has 3 heteroatoms. The van der Waals surface area contributed by atoms with Gasteiger partial charge in [0.25, 0.3) is 0 Å². The van der Waals surface area contributed by atoms with E-state index in [1.807, 2.05) is 13.1 Å². The molecule has 2 rings (SSSR count). The van der Waals surface area contributed by atoms with Crippen LogP contribution in [0.1, 0.15) is 84.7 Å². The number of hydrogen-bond acceptors (Lipinski definition) is 3. The molecule has 0 radical (unpaired) electrons. The number of benzene rings is 2. The zero-order chi connectivity index (χ0) is 22.4. The van der Waals surface area contributed by atoms with Crippen LogP contribution in [-0.2, 0) is 0 Å². The number of nitrogens with one attached hydrogen (secondary N) is 1. The lowest BCUT2D eigenvalue weighted by Crippen LogP contribution is -2.26. The number of hydrogen-bond donors (Lipinski definition) is 2. The van der Waals surface area contributed by atoms with Crippen LogP contribution in [-0.4, -0.2) is 31.9 Å². The summed E-state index contributed by atoms with van der Waals surface area (Å²) in [6.45, 7) is 13.5. The second-order valence-electron chi connectivity index (χ2n) is 8.48. The highest BCUT2D eigenvalue weighted by atomic mass is 16.3. The first-order valence-electron chi connectivity index (χ1n) is 11.7. The number of anilines is 2. The summed E-state index contributed by atoms with van der Waals surface area (Å²) in [6, 6.07) is 17.0. The van der Waals surface area contributed by atoms with E-state index in [0.29, 0.717) is 11.8 Å². The summed E-state index contributed by atoms with van der Waals surface area (Å²) in [5, 5.41) is 12.2. The van der Waals surface area contributed by atoms with Crippen LogP contribution in [0.3, 0.4) is 0 Å². The van der Waals surface area contributed by atoms with E-state index in [2.05, 4.69) is 87.3 Å². The first kappa shape index (κ1) is 26.0. The quantitative estimate of drug-likeness (QED) is 0.379. The zero-order valence-corrected chi connectivity index (χ0v) is 20.1. The maximum atomic E-state index is 8.91. The molecule has 0 unspecified atom stereocenters. The fraction of sp³-hybridized carbons (Fsp3) is 0.556. The van der Waals surface area contributed by atoms with Crippen molar-refractivity contribution in [1.82, 2.24) is 0 Å². The number of rotatable bonds is 11. The highest BCUT2D eigenvalue weighted by Crippen LogP contribution is 2.31. The smallest absolute Gasteiger partial charge is 0.0447 e. The van der Waals surface area contributed by atoms with Crippen molar-refractivity contribution in [3.63, 3.8) is 0 Å². The molecule has 0 aliphatic carbocycles. The van der Waals surface area contributed by atoms with Crippen molar-refractivity contribution in [1.29, 1.82) is 0 Å². The highest BCUT2D eigenvalue weighted by molar-refractivity contribution is 5.59. The Morgan fingerprint density at radius 3 is 1.87 bits per heavy atom. The topological polar surface area (TPSA) is 35.5 Å². The summed E-state index contributed by atoms with van der Waals surface area (Å²) in [7, 11) is 2.01. The van der Waals surface area contributed by atoms with E-state index in [1.165, 1.54) is 41.8 Å². The Morgan fingerprint density at radius 2 is 1.40 bits per heavy atom. The molecule has 0 amide bonds. The van der Waals surface area contributed by atoms with E-state index < -0.39 is 0 Å². The molecule has 0 heterocycles. The van der Waals surface area contributed by atoms with Gasteiger partial charge >= 0.3 is 0 Å². The zero-order valence-electron chi connectivity index (χ0n) is 20.1. The largest absolute Gasteiger partial charge is 0.396 e. The van der Waals surface area contributed by atoms with Crippen LogP contribution >= 0.6 is 0 Å². The molecule has 2 aromatic carbocycles. The van der Waals surface area contributed by atoms with Gasteiger partial charge in [0, 0.05) is 39.5 Å². The van der Waals surface area contributed by atoms with Gasteiger partial charge in [-0.3, -0.25) is 0 Å². The van der Waals surface area contributed by atoms with Gasteiger partial charge in [-0.05, 0) is 47.9 Å². The lowest BCUT2D eigenvalue weighted by Gasteiger charge is -2.24. The van der Waals surface area contributed by atoms with Gasteiger partial charge in [0.1, 0.15) is 0 Å². The van der Waals surface area contributed by atoms with E-state index in [9.17, 15) is 0 Å². The molecule has 2 aromatic rings. The molecule has 0 atom stereocenters. The molecule has 0 bridgehead atoms. The maximum Gasteiger partial charge on any atom is 0.0447 e. The molecule has 2 N–H and O–H groups in total. The third-order valence-electron chi connectivity index (χ3n) is 5.36. The summed E-state index contributed by atoms with van der Waals surface area (Å²) in [5.41, 5.74) is 5.42. The Morgan fingerprint density at radius 1 is 0.833 bits per heavy atom. The Balaban J connectivity index is 0.000000567. The van der Waals surface area contributed by atoms with Crippen LogP contribution in [0.4, 0.5) is 11.4 Å². The molecule has 0 saturated heterocycles. The Labute approximate surface area is 187 Å². The summed E-state index contributed by atoms with van der Waals surface area (Å²) in [5.74, 6) is 1.16. The van der Waals surface area contributed by atoms with Gasteiger partial charge in [0.2, 0.25) is 0 Å². The predicted molar refractivity (Wildman–Crippen MR) is 136 cm³/mol. The average Bonchev–Trinajstić information content (AvgIpc) is 2.76. The Bertz CT molecular complexity index is 663. The van der Waals surface area contributed by atoms with Crippen LogP contribution in [0, 0.1) is 0 Å². The Hall–Kier alpha value is -2.00. The van der Waals surface area contributed by atoms with Crippen LogP contribution in [0.15, 0.2) is 48.5 Å². The SMILES string of the molecule is CCCCCN(CCCO)c1ccccc1.CNc1c(C(C)C)cccc1C(C)C.[HH]. The van der Waals surface area contributed by atoms with Crippen molar-refractivity contribution in [2.75, 3.05) is 37.0 Å². The summed E-state index contributed by atoms with van der Waals surface area (Å²) in [4.78, 5) is 2.37. The average molecular weight is 415 g/mol. The van der Waals surface area contributed by atoms with E-state index in [1.54, 1.807) is 0 Å². The highest BCUT2D eigenvalue weighted by Gasteiger charge is 2.11. The van der Waals surface area contributed by atoms with Crippen molar-refractivity contribution in [3.8, 4) is 0 Å². The van der Waals surface area contributed by atoms with Gasteiger partial charge in [0.05, 0.1) is 0 Å². The van der Waals surface area contributed by atoms with Crippen molar-refractivity contribution in [2.24, 2.45) is 0 Å². The van der Waals surface area contributed by atoms with Crippen LogP contribution in [0.25, 0.3) is 0 Å². The molecule has 0 aliphatic heterocycles. The molecule has 0 aromatic heterocycles. The lowest BCUT2D eigenvalue weighted by molar-refractivity contribution is 0.289. The van der Waals surface area contributed by atoms with Gasteiger partial charge in [-0.15, -0.1) is 0 Å². The third-order valence-corrected chi connectivity index (χ3v) is 5.36. The Kier molecular flexibility index (Phi) is 12.9. The standard InChI is InChI=1S/C14H23NO.C13H21N.H2/c1-2-3-7-11-15(12-8-13-16)14-9-5-4-6-10-14;1-9(2)11-7-6-8-12(10(3)4)13(11)14-5;/h4-6,9-10,16H,2-3,7-8,11-13H2,1H3;6-10,14H,1-5H3;1H. The third kappa shape index (κ3) is 8.79. The molecule has 170 valence electrons. The molecule has 0 aliphatic rings. The minimum absolute atomic E-state index is 0. The van der Waals surface area contributed by atoms with E-state index in [0.717, 1.165) is 19.5 Å². The normalized spacial score (nSPS) is 10.7. The first-order valence-corrected chi connectivity index (χ1v) is 11.7. The first-order chi connectivity index (χ1) is 14.5. The lowest BCUT2D eigenvalue weighted by atomic mass is 9.93. The summed E-state index contributed by atoms with van der Waals surface area (Å²) in [6.07, 6.45) is 4.61. The van der Waals surface area contributed by atoms with Crippen molar-refractivity contribution < 1.29 is 6.53 Å². The van der Waals surface area contributed by atoms with Crippen LogP contribution < -0.4 is 10.2 Å². The van der Waals surface area contributed by atoms with Crippen LogP contribution in [0.2, 0.25) is 0 Å². The van der Waals surface area contributed by atoms with Crippen molar-refractivity contribution in [2.45, 2.75) is 72.1 Å². The number of para-hydroxylation sites is 2. The van der Waals surface area contributed by atoms with Gasteiger partial charge in [-0.1, -0.05) is 83.9 Å². The molecule has 0 saturated carbocycles. The van der Waals surface area contributed by atoms with Gasteiger partial charge in [0.15, 0.2) is 0 Å². The van der Waals surface area contributed by atoms with E-state index in [4.69, 9.17) is 5.11 Å². The summed E-state index contributed by atoms with van der Waals surface area (Å²) < 4.78 is 0. The minimum Gasteiger partial charge on any atom is -0.396 e. The van der Waals surface area contributed by atoms with Gasteiger partial charge in [-0.2, -0.15) is 0 Å². The predicted octanol–water partition coefficient (Wildman–Crippen LogP) is 7.29. The summed E-state index contributed by atoms with van der Waals surface area (Å²) >= 11 is 0. The van der Waals surface area contributed by atoms with Crippen LogP contribution in [0.5, 0.6) is 0 Å². The van der Waals surface area contributed by atoms with Crippen molar-refractivity contribution in [3.05, 3.63) is 59.7 Å². The number of unbranched alkanes of at least 4 members (excludes halogenated alkanes) is 2. The minimum atomic E-state index is 0. The molecule has 3 nitrogen and oxygen atoms in total. The fourth-order valence-electron chi connectivity index (χ4n) is 3.66. The molecular formula is C27H46N2O. The second-order valence-corrected chi connectivity index (χ2v) is 8.48. The second kappa shape index (κ2) is 14.9. The molecule has 30 heavy (non-hydrogen) atoms. The van der Waals surface area contributed by atoms with E-state index in [-0.39, 0.29) is 8.03 Å². The number of aliphatic hydroxyl groups excluding tert-OH is 1. The number of nitrogens with zero attached hydrogens (tertiary/aromatic N) is 1. The van der Waals surface area contributed by atoms with Gasteiger partial charge < -0.3 is 15.3 Å². The molecular weight excluding hydrogens is 368 g/mol. The van der Waals surface area contributed by atoms with E-state index >= 15 is 0 Å². The number of aliphatic hydroxyl groups is 1. The molecule has 0 fully saturated rings. The molecule has 0 spiro atoms. The monoisotopic (exact) mass is 414 g/mol. The fourth-order valence-corrected chi connectivity index (χ4v) is 3.66. The van der Waals surface area contributed by atoms with Crippen molar-refractivity contribution >= 4 is 11.4 Å². The maximum absolute atomic E-state index is 8.91. The van der Waals surface area contributed by atoms with Gasteiger partial charge in [-0.25, -0.2) is 0 Å².